The molecule has 0 atom stereocenters. The second-order valence-corrected chi connectivity index (χ2v) is 6.49. The monoisotopic (exact) mass is 471 g/mol. The Morgan fingerprint density at radius 3 is 2.22 bits per heavy atom. The van der Waals surface area contributed by atoms with E-state index in [-0.39, 0.29) is 25.6 Å². The summed E-state index contributed by atoms with van der Waals surface area (Å²) in [6.45, 7) is 5.59. The van der Waals surface area contributed by atoms with Crippen molar-refractivity contribution < 1.29 is 38.1 Å². The van der Waals surface area contributed by atoms with Gasteiger partial charge in [-0.2, -0.15) is 0 Å². The van der Waals surface area contributed by atoms with Crippen LogP contribution < -0.4 is 5.48 Å². The first-order chi connectivity index (χ1) is 15.6. The molecule has 1 N–H and O–H groups in total. The maximum Gasteiger partial charge on any atom is 0.337 e. The molecule has 1 rings (SSSR count). The van der Waals surface area contributed by atoms with Crippen LogP contribution in [0.2, 0.25) is 0 Å². The molecule has 0 bridgehead atoms. The van der Waals surface area contributed by atoms with Crippen LogP contribution >= 0.6 is 11.6 Å². The van der Waals surface area contributed by atoms with Crippen LogP contribution in [0, 0.1) is 0 Å². The molecule has 0 fully saturated rings. The van der Waals surface area contributed by atoms with Gasteiger partial charge in [0.15, 0.2) is 0 Å². The van der Waals surface area contributed by atoms with Gasteiger partial charge in [-0.05, 0) is 17.7 Å². The first kappa shape index (κ1) is 27.8. The summed E-state index contributed by atoms with van der Waals surface area (Å²) in [4.78, 5) is 28.7. The van der Waals surface area contributed by atoms with Crippen LogP contribution in [0.5, 0.6) is 0 Å². The topological polar surface area (TPSA) is 102 Å². The van der Waals surface area contributed by atoms with E-state index in [1.54, 1.807) is 37.5 Å². The third-order valence-electron chi connectivity index (χ3n) is 3.62. The van der Waals surface area contributed by atoms with Crippen molar-refractivity contribution in [3.05, 3.63) is 53.8 Å². The van der Waals surface area contributed by atoms with Gasteiger partial charge in [0.2, 0.25) is 0 Å². The smallest absolute Gasteiger partial charge is 0.337 e. The minimum atomic E-state index is -0.631. The number of allylic oxidation sites excluding steroid dienone is 1. The van der Waals surface area contributed by atoms with E-state index < -0.39 is 11.9 Å². The molecule has 9 nitrogen and oxygen atoms in total. The molecular formula is C22H30ClNO8. The number of hydrogen-bond acceptors (Lipinski definition) is 8. The molecule has 0 saturated carbocycles. The quantitative estimate of drug-likeness (QED) is 0.114. The lowest BCUT2D eigenvalue weighted by Crippen LogP contribution is -2.25. The lowest BCUT2D eigenvalue weighted by atomic mass is 10.1. The number of hydroxylamine groups is 1. The van der Waals surface area contributed by atoms with E-state index in [1.807, 2.05) is 6.08 Å². The number of amides is 1. The SMILES string of the molecule is C=C(CONC(=O)c1ccc(/C=C/CCl)cc1)OC(=O)COCCOCCOCCOC. The zero-order valence-corrected chi connectivity index (χ0v) is 18.9. The molecule has 0 unspecified atom stereocenters. The molecule has 0 radical (unpaired) electrons. The van der Waals surface area contributed by atoms with Crippen LogP contribution in [0.3, 0.4) is 0 Å². The average Bonchev–Trinajstić information content (AvgIpc) is 2.79. The molecular weight excluding hydrogens is 442 g/mol. The van der Waals surface area contributed by atoms with Gasteiger partial charge in [0, 0.05) is 18.6 Å². The molecule has 10 heteroatoms. The summed E-state index contributed by atoms with van der Waals surface area (Å²) in [5.41, 5.74) is 3.59. The number of nitrogens with one attached hydrogen (secondary N) is 1. The maximum atomic E-state index is 12.0. The predicted molar refractivity (Wildman–Crippen MR) is 119 cm³/mol. The van der Waals surface area contributed by atoms with E-state index in [9.17, 15) is 9.59 Å². The second-order valence-electron chi connectivity index (χ2n) is 6.18. The van der Waals surface area contributed by atoms with Crippen molar-refractivity contribution in [3.63, 3.8) is 0 Å². The van der Waals surface area contributed by atoms with E-state index >= 15 is 0 Å². The fourth-order valence-corrected chi connectivity index (χ4v) is 2.21. The lowest BCUT2D eigenvalue weighted by molar-refractivity contribution is -0.146. The van der Waals surface area contributed by atoms with Crippen molar-refractivity contribution in [2.24, 2.45) is 0 Å². The van der Waals surface area contributed by atoms with Gasteiger partial charge in [-0.3, -0.25) is 9.63 Å². The summed E-state index contributed by atoms with van der Waals surface area (Å²) < 4.78 is 25.5. The number of halogens is 1. The Labute approximate surface area is 193 Å². The Morgan fingerprint density at radius 1 is 0.969 bits per heavy atom. The number of ether oxygens (including phenoxy) is 5. The van der Waals surface area contributed by atoms with E-state index in [0.29, 0.717) is 44.5 Å². The number of methoxy groups -OCH3 is 1. The molecule has 0 spiro atoms. The lowest BCUT2D eigenvalue weighted by Gasteiger charge is -2.10. The van der Waals surface area contributed by atoms with Gasteiger partial charge in [0.25, 0.3) is 5.91 Å². The molecule has 0 aromatic heterocycles. The third-order valence-corrected chi connectivity index (χ3v) is 3.80. The number of rotatable bonds is 18. The van der Waals surface area contributed by atoms with Crippen LogP contribution in [0.1, 0.15) is 15.9 Å². The molecule has 0 heterocycles. The normalized spacial score (nSPS) is 10.9. The van der Waals surface area contributed by atoms with Crippen molar-refractivity contribution in [1.29, 1.82) is 0 Å². The van der Waals surface area contributed by atoms with Crippen molar-refractivity contribution in [1.82, 2.24) is 5.48 Å². The summed E-state index contributed by atoms with van der Waals surface area (Å²) in [6.07, 6.45) is 3.65. The number of alkyl halides is 1. The van der Waals surface area contributed by atoms with Gasteiger partial charge >= 0.3 is 5.97 Å². The summed E-state index contributed by atoms with van der Waals surface area (Å²) in [5, 5.41) is 0. The number of benzene rings is 1. The van der Waals surface area contributed by atoms with Crippen molar-refractivity contribution >= 4 is 29.6 Å². The zero-order chi connectivity index (χ0) is 23.4. The zero-order valence-electron chi connectivity index (χ0n) is 18.2. The molecule has 178 valence electrons. The largest absolute Gasteiger partial charge is 0.427 e. The highest BCUT2D eigenvalue weighted by Crippen LogP contribution is 2.07. The highest BCUT2D eigenvalue weighted by Gasteiger charge is 2.09. The van der Waals surface area contributed by atoms with Crippen LogP contribution in [0.15, 0.2) is 42.7 Å². The van der Waals surface area contributed by atoms with E-state index in [4.69, 9.17) is 40.1 Å². The third kappa shape index (κ3) is 13.9. The van der Waals surface area contributed by atoms with Crippen LogP contribution in [0.4, 0.5) is 0 Å². The fraction of sp³-hybridized carbons (Fsp3) is 0.455. The van der Waals surface area contributed by atoms with Gasteiger partial charge < -0.3 is 23.7 Å². The summed E-state index contributed by atoms with van der Waals surface area (Å²) in [5.74, 6) is -0.625. The fourth-order valence-electron chi connectivity index (χ4n) is 2.12. The second kappa shape index (κ2) is 18.3. The molecule has 0 saturated heterocycles. The predicted octanol–water partition coefficient (Wildman–Crippen LogP) is 2.35. The number of carbonyl (C=O) groups is 2. The van der Waals surface area contributed by atoms with E-state index in [1.165, 1.54) is 0 Å². The van der Waals surface area contributed by atoms with Crippen LogP contribution in [-0.4, -0.2) is 77.7 Å². The Hall–Kier alpha value is -2.27. The van der Waals surface area contributed by atoms with Gasteiger partial charge in [-0.1, -0.05) is 30.9 Å². The molecule has 0 aliphatic heterocycles. The van der Waals surface area contributed by atoms with Crippen molar-refractivity contribution in [2.75, 3.05) is 65.8 Å². The first-order valence-corrected chi connectivity index (χ1v) is 10.5. The first-order valence-electron chi connectivity index (χ1n) is 9.92. The highest BCUT2D eigenvalue weighted by atomic mass is 35.5. The number of esters is 1. The molecule has 1 aromatic rings. The molecule has 0 aliphatic carbocycles. The maximum absolute atomic E-state index is 12.0. The Bertz CT molecular complexity index is 708. The Balaban J connectivity index is 2.08. The van der Waals surface area contributed by atoms with Gasteiger partial charge in [-0.15, -0.1) is 11.6 Å². The van der Waals surface area contributed by atoms with E-state index in [0.717, 1.165) is 5.56 Å². The number of hydrogen-bond donors (Lipinski definition) is 1. The standard InChI is InChI=1S/C22H30ClNO8/c1-18(32-21(25)17-30-15-14-29-13-12-28-11-10-27-2)16-31-24-22(26)20-7-5-19(6-8-20)4-3-9-23/h3-8H,1,9-17H2,2H3,(H,24,26)/b4-3+. The number of carbonyl (C=O) groups excluding carboxylic acids is 2. The Kier molecular flexibility index (Phi) is 15.9. The van der Waals surface area contributed by atoms with Crippen molar-refractivity contribution in [3.8, 4) is 0 Å². The minimum absolute atomic E-state index is 0.0323. The summed E-state index contributed by atoms with van der Waals surface area (Å²) in [6, 6.07) is 6.86. The molecule has 1 amide bonds. The summed E-state index contributed by atoms with van der Waals surface area (Å²) in [7, 11) is 1.60. The average molecular weight is 472 g/mol. The molecule has 1 aromatic carbocycles. The van der Waals surface area contributed by atoms with Crippen molar-refractivity contribution in [2.45, 2.75) is 0 Å². The van der Waals surface area contributed by atoms with Crippen LogP contribution in [-0.2, 0) is 33.3 Å². The van der Waals surface area contributed by atoms with Gasteiger partial charge in [0.05, 0.1) is 39.6 Å². The molecule has 32 heavy (non-hydrogen) atoms. The van der Waals surface area contributed by atoms with Gasteiger partial charge in [-0.25, -0.2) is 10.3 Å². The minimum Gasteiger partial charge on any atom is -0.427 e. The highest BCUT2D eigenvalue weighted by molar-refractivity contribution is 6.19. The van der Waals surface area contributed by atoms with Gasteiger partial charge in [0.1, 0.15) is 19.0 Å². The summed E-state index contributed by atoms with van der Waals surface area (Å²) >= 11 is 5.59. The van der Waals surface area contributed by atoms with E-state index in [2.05, 4.69) is 12.1 Å². The van der Waals surface area contributed by atoms with Crippen LogP contribution in [0.25, 0.3) is 6.08 Å². The molecule has 0 aliphatic rings. The Morgan fingerprint density at radius 2 is 1.59 bits per heavy atom.